The molecule has 3 rings (SSSR count). The molecule has 0 spiro atoms. The molecule has 0 aromatic heterocycles. The van der Waals surface area contributed by atoms with Gasteiger partial charge in [-0.15, -0.1) is 0 Å². The van der Waals surface area contributed by atoms with E-state index < -0.39 is 6.10 Å². The predicted molar refractivity (Wildman–Crippen MR) is 147 cm³/mol. The SMILES string of the molecule is CCCCCC/C=C/[C@H]1C(=O)C=C[C@@H]1C/C=C\CCCC(=O)OC(c1ccccc1)c1ccccc1. The maximum absolute atomic E-state index is 12.6. The first-order valence-electron chi connectivity index (χ1n) is 13.5. The van der Waals surface area contributed by atoms with Crippen molar-refractivity contribution in [3.05, 3.63) is 108 Å². The van der Waals surface area contributed by atoms with Gasteiger partial charge in [0.15, 0.2) is 11.9 Å². The minimum absolute atomic E-state index is 0.0243. The second-order valence-electron chi connectivity index (χ2n) is 9.52. The van der Waals surface area contributed by atoms with Crippen molar-refractivity contribution in [1.29, 1.82) is 0 Å². The molecule has 0 saturated heterocycles. The van der Waals surface area contributed by atoms with Crippen molar-refractivity contribution in [2.24, 2.45) is 11.8 Å². The van der Waals surface area contributed by atoms with E-state index in [9.17, 15) is 9.59 Å². The standard InChI is InChI=1S/C33H40O3/c1-2-3-4-5-6-16-23-30-27(25-26-31(30)34)18-11-7-8-17-24-32(35)36-33(28-19-12-9-13-20-28)29-21-14-10-15-22-29/h7,9-16,19-23,25-27,30,33H,2-6,8,17-18,24H2,1H3/b11-7-,23-16+/t27-,30+/m0/s1. The fourth-order valence-electron chi connectivity index (χ4n) is 4.56. The first kappa shape index (κ1) is 27.4. The minimum Gasteiger partial charge on any atom is -0.453 e. The molecule has 0 saturated carbocycles. The zero-order chi connectivity index (χ0) is 25.4. The third-order valence-corrected chi connectivity index (χ3v) is 6.65. The van der Waals surface area contributed by atoms with Crippen molar-refractivity contribution in [2.45, 2.75) is 70.8 Å². The van der Waals surface area contributed by atoms with Crippen LogP contribution in [0.1, 0.15) is 81.9 Å². The van der Waals surface area contributed by atoms with Crippen LogP contribution in [-0.4, -0.2) is 11.8 Å². The summed E-state index contributed by atoms with van der Waals surface area (Å²) in [5, 5.41) is 0. The van der Waals surface area contributed by atoms with Gasteiger partial charge < -0.3 is 4.74 Å². The van der Waals surface area contributed by atoms with Crippen molar-refractivity contribution in [3.63, 3.8) is 0 Å². The summed E-state index contributed by atoms with van der Waals surface area (Å²) in [7, 11) is 0. The van der Waals surface area contributed by atoms with Crippen molar-refractivity contribution >= 4 is 11.8 Å². The number of allylic oxidation sites excluding steroid dienone is 6. The molecule has 0 amide bonds. The Morgan fingerprint density at radius 2 is 1.53 bits per heavy atom. The lowest BCUT2D eigenvalue weighted by atomic mass is 9.91. The van der Waals surface area contributed by atoms with Gasteiger partial charge in [0.25, 0.3) is 0 Å². The molecule has 36 heavy (non-hydrogen) atoms. The van der Waals surface area contributed by atoms with Crippen LogP contribution in [-0.2, 0) is 14.3 Å². The molecule has 0 fully saturated rings. The van der Waals surface area contributed by atoms with E-state index in [2.05, 4.69) is 31.2 Å². The third-order valence-electron chi connectivity index (χ3n) is 6.65. The van der Waals surface area contributed by atoms with Crippen molar-refractivity contribution in [1.82, 2.24) is 0 Å². The monoisotopic (exact) mass is 484 g/mol. The summed E-state index contributed by atoms with van der Waals surface area (Å²) in [5.41, 5.74) is 1.95. The van der Waals surface area contributed by atoms with Crippen LogP contribution < -0.4 is 0 Å². The van der Waals surface area contributed by atoms with Gasteiger partial charge in [-0.2, -0.15) is 0 Å². The Balaban J connectivity index is 1.40. The lowest BCUT2D eigenvalue weighted by Gasteiger charge is -2.19. The maximum Gasteiger partial charge on any atom is 0.306 e. The molecule has 0 N–H and O–H groups in total. The lowest BCUT2D eigenvalue weighted by molar-refractivity contribution is -0.147. The predicted octanol–water partition coefficient (Wildman–Crippen LogP) is 8.33. The van der Waals surface area contributed by atoms with Crippen molar-refractivity contribution in [3.8, 4) is 0 Å². The summed E-state index contributed by atoms with van der Waals surface area (Å²) < 4.78 is 5.89. The molecule has 1 aliphatic carbocycles. The first-order valence-corrected chi connectivity index (χ1v) is 13.5. The number of esters is 1. The molecule has 0 radical (unpaired) electrons. The molecule has 1 aliphatic rings. The second kappa shape index (κ2) is 15.7. The van der Waals surface area contributed by atoms with Crippen LogP contribution >= 0.6 is 0 Å². The summed E-state index contributed by atoms with van der Waals surface area (Å²) in [6, 6.07) is 19.7. The zero-order valence-corrected chi connectivity index (χ0v) is 21.6. The van der Waals surface area contributed by atoms with Crippen molar-refractivity contribution in [2.75, 3.05) is 0 Å². The Morgan fingerprint density at radius 1 is 0.861 bits per heavy atom. The molecule has 3 heteroatoms. The van der Waals surface area contributed by atoms with E-state index in [0.717, 1.165) is 36.8 Å². The van der Waals surface area contributed by atoms with Gasteiger partial charge in [-0.05, 0) is 55.2 Å². The molecule has 2 atom stereocenters. The van der Waals surface area contributed by atoms with E-state index in [1.165, 1.54) is 25.7 Å². The minimum atomic E-state index is -0.390. The van der Waals surface area contributed by atoms with Gasteiger partial charge in [0.05, 0.1) is 0 Å². The van der Waals surface area contributed by atoms with E-state index in [4.69, 9.17) is 4.74 Å². The average molecular weight is 485 g/mol. The van der Waals surface area contributed by atoms with Crippen LogP contribution in [0.4, 0.5) is 0 Å². The van der Waals surface area contributed by atoms with E-state index in [0.29, 0.717) is 6.42 Å². The largest absolute Gasteiger partial charge is 0.453 e. The van der Waals surface area contributed by atoms with Crippen LogP contribution in [0.15, 0.2) is 97.1 Å². The Kier molecular flexibility index (Phi) is 12.0. The molecule has 0 heterocycles. The fourth-order valence-corrected chi connectivity index (χ4v) is 4.56. The van der Waals surface area contributed by atoms with Gasteiger partial charge >= 0.3 is 5.97 Å². The van der Waals surface area contributed by atoms with Crippen LogP contribution in [0.5, 0.6) is 0 Å². The quantitative estimate of drug-likeness (QED) is 0.145. The zero-order valence-electron chi connectivity index (χ0n) is 21.6. The highest BCUT2D eigenvalue weighted by Crippen LogP contribution is 2.28. The van der Waals surface area contributed by atoms with Gasteiger partial charge in [-0.1, -0.05) is 117 Å². The maximum atomic E-state index is 12.6. The van der Waals surface area contributed by atoms with Crippen LogP contribution in [0.25, 0.3) is 0 Å². The Hall–Kier alpha value is -3.20. The van der Waals surface area contributed by atoms with E-state index >= 15 is 0 Å². The highest BCUT2D eigenvalue weighted by molar-refractivity contribution is 5.95. The van der Waals surface area contributed by atoms with Gasteiger partial charge in [0.1, 0.15) is 0 Å². The molecule has 190 valence electrons. The topological polar surface area (TPSA) is 43.4 Å². The number of unbranched alkanes of at least 4 members (excludes halogenated alkanes) is 5. The summed E-state index contributed by atoms with van der Waals surface area (Å²) in [6.45, 7) is 2.22. The number of carbonyl (C=O) groups is 2. The highest BCUT2D eigenvalue weighted by Gasteiger charge is 2.26. The van der Waals surface area contributed by atoms with Gasteiger partial charge in [0.2, 0.25) is 0 Å². The van der Waals surface area contributed by atoms with Gasteiger partial charge in [-0.3, -0.25) is 9.59 Å². The summed E-state index contributed by atoms with van der Waals surface area (Å²) in [6.07, 6.45) is 20.8. The van der Waals surface area contributed by atoms with E-state index in [1.807, 2.05) is 66.7 Å². The molecular formula is C33H40O3. The Labute approximate surface area is 217 Å². The number of benzene rings is 2. The number of rotatable bonds is 15. The number of ether oxygens (including phenoxy) is 1. The molecule has 2 aromatic carbocycles. The van der Waals surface area contributed by atoms with Crippen LogP contribution in [0.3, 0.4) is 0 Å². The first-order chi connectivity index (χ1) is 17.7. The molecule has 3 nitrogen and oxygen atoms in total. The molecule has 0 aliphatic heterocycles. The summed E-state index contributed by atoms with van der Waals surface area (Å²) in [4.78, 5) is 24.8. The van der Waals surface area contributed by atoms with Gasteiger partial charge in [-0.25, -0.2) is 0 Å². The third kappa shape index (κ3) is 9.11. The summed E-state index contributed by atoms with van der Waals surface area (Å²) in [5.74, 6) is 0.244. The van der Waals surface area contributed by atoms with Crippen LogP contribution in [0, 0.1) is 11.8 Å². The van der Waals surface area contributed by atoms with Gasteiger partial charge in [0, 0.05) is 12.3 Å². The van der Waals surface area contributed by atoms with E-state index in [1.54, 1.807) is 6.08 Å². The van der Waals surface area contributed by atoms with Crippen LogP contribution in [0.2, 0.25) is 0 Å². The number of hydrogen-bond donors (Lipinski definition) is 0. The number of carbonyl (C=O) groups excluding carboxylic acids is 2. The molecule has 0 unspecified atom stereocenters. The Morgan fingerprint density at radius 3 is 2.19 bits per heavy atom. The highest BCUT2D eigenvalue weighted by atomic mass is 16.5. The fraction of sp³-hybridized carbons (Fsp3) is 0.394. The van der Waals surface area contributed by atoms with E-state index in [-0.39, 0.29) is 23.6 Å². The normalized spacial score (nSPS) is 17.6. The smallest absolute Gasteiger partial charge is 0.306 e. The second-order valence-corrected chi connectivity index (χ2v) is 9.52. The number of hydrogen-bond acceptors (Lipinski definition) is 3. The lowest BCUT2D eigenvalue weighted by Crippen LogP contribution is -2.12. The van der Waals surface area contributed by atoms with Crippen molar-refractivity contribution < 1.29 is 14.3 Å². The molecule has 2 aromatic rings. The number of ketones is 1. The molecule has 0 bridgehead atoms. The average Bonchev–Trinajstić information content (AvgIpc) is 3.26. The molecular weight excluding hydrogens is 444 g/mol. The summed E-state index contributed by atoms with van der Waals surface area (Å²) >= 11 is 0. The Bertz CT molecular complexity index is 964.